The minimum absolute atomic E-state index is 0.259. The third-order valence-electron chi connectivity index (χ3n) is 5.67. The molecule has 0 aliphatic carbocycles. The van der Waals surface area contributed by atoms with Crippen molar-refractivity contribution in [2.24, 2.45) is 0 Å². The zero-order chi connectivity index (χ0) is 25.6. The molecule has 6 nitrogen and oxygen atoms in total. The number of rotatable bonds is 9. The van der Waals surface area contributed by atoms with Gasteiger partial charge in [-0.15, -0.1) is 21.5 Å². The van der Waals surface area contributed by atoms with Crippen molar-refractivity contribution in [2.45, 2.75) is 30.8 Å². The van der Waals surface area contributed by atoms with Crippen LogP contribution in [0, 0.1) is 12.7 Å². The van der Waals surface area contributed by atoms with Crippen molar-refractivity contribution in [3.8, 4) is 5.69 Å². The van der Waals surface area contributed by atoms with Crippen molar-refractivity contribution in [3.63, 3.8) is 0 Å². The third-order valence-corrected chi connectivity index (χ3v) is 7.64. The zero-order valence-corrected chi connectivity index (χ0v) is 21.7. The molecule has 0 unspecified atom stereocenters. The van der Waals surface area contributed by atoms with Crippen molar-refractivity contribution in [2.75, 3.05) is 0 Å². The molecule has 1 N–H and O–H groups in total. The number of hydrogen-bond acceptors (Lipinski definition) is 6. The monoisotopic (exact) mass is 529 g/mol. The summed E-state index contributed by atoms with van der Waals surface area (Å²) in [6.45, 7) is 2.37. The molecule has 0 spiro atoms. The van der Waals surface area contributed by atoms with E-state index in [1.807, 2.05) is 18.2 Å². The van der Waals surface area contributed by atoms with Gasteiger partial charge in [0.25, 0.3) is 5.91 Å². The van der Waals surface area contributed by atoms with Crippen molar-refractivity contribution in [3.05, 3.63) is 123 Å². The molecule has 0 atom stereocenters. The van der Waals surface area contributed by atoms with Crippen LogP contribution in [0.15, 0.2) is 89.4 Å². The Morgan fingerprint density at radius 2 is 1.73 bits per heavy atom. The maximum atomic E-state index is 13.1. The summed E-state index contributed by atoms with van der Waals surface area (Å²) in [5.41, 5.74) is 4.54. The van der Waals surface area contributed by atoms with Gasteiger partial charge in [0.1, 0.15) is 22.3 Å². The van der Waals surface area contributed by atoms with Crippen LogP contribution >= 0.6 is 23.1 Å². The van der Waals surface area contributed by atoms with E-state index in [-0.39, 0.29) is 11.7 Å². The number of amides is 1. The van der Waals surface area contributed by atoms with Gasteiger partial charge in [0.15, 0.2) is 5.16 Å². The minimum Gasteiger partial charge on any atom is -0.347 e. The topological polar surface area (TPSA) is 72.7 Å². The van der Waals surface area contributed by atoms with Crippen LogP contribution in [0.2, 0.25) is 0 Å². The highest BCUT2D eigenvalue weighted by Crippen LogP contribution is 2.27. The molecule has 9 heteroatoms. The van der Waals surface area contributed by atoms with Crippen molar-refractivity contribution in [1.29, 1.82) is 0 Å². The smallest absolute Gasteiger partial charge is 0.271 e. The van der Waals surface area contributed by atoms with Crippen molar-refractivity contribution < 1.29 is 9.18 Å². The molecule has 0 saturated carbocycles. The summed E-state index contributed by atoms with van der Waals surface area (Å²) in [4.78, 5) is 17.1. The van der Waals surface area contributed by atoms with Gasteiger partial charge in [-0.05, 0) is 42.3 Å². The Morgan fingerprint density at radius 1 is 0.973 bits per heavy atom. The summed E-state index contributed by atoms with van der Waals surface area (Å²) in [5.74, 6) is 0.857. The van der Waals surface area contributed by atoms with Crippen LogP contribution in [0.5, 0.6) is 0 Å². The molecular formula is C28H24FN5OS2. The summed E-state index contributed by atoms with van der Waals surface area (Å²) >= 11 is 2.97. The van der Waals surface area contributed by atoms with E-state index in [1.165, 1.54) is 40.8 Å². The van der Waals surface area contributed by atoms with Gasteiger partial charge in [-0.3, -0.25) is 9.36 Å². The Kier molecular flexibility index (Phi) is 7.72. The molecule has 186 valence electrons. The van der Waals surface area contributed by atoms with E-state index in [4.69, 9.17) is 0 Å². The molecule has 2 heterocycles. The number of nitrogens with one attached hydrogen (secondary N) is 1. The number of carbonyl (C=O) groups excluding carboxylic acids is 1. The molecular weight excluding hydrogens is 505 g/mol. The fourth-order valence-electron chi connectivity index (χ4n) is 3.72. The lowest BCUT2D eigenvalue weighted by molar-refractivity contribution is 0.0946. The van der Waals surface area contributed by atoms with Gasteiger partial charge in [0, 0.05) is 24.0 Å². The van der Waals surface area contributed by atoms with E-state index in [0.29, 0.717) is 24.4 Å². The quantitative estimate of drug-likeness (QED) is 0.238. The SMILES string of the molecule is Cc1ccc(-n2c(Cc3ccccc3)nnc2SCc2nc(C(=O)NCc3ccc(F)cc3)cs2)cc1. The summed E-state index contributed by atoms with van der Waals surface area (Å²) in [6, 6.07) is 24.6. The second-order valence-electron chi connectivity index (χ2n) is 8.46. The van der Waals surface area contributed by atoms with Crippen LogP contribution < -0.4 is 5.32 Å². The van der Waals surface area contributed by atoms with Crippen molar-refractivity contribution >= 4 is 29.0 Å². The first-order valence-corrected chi connectivity index (χ1v) is 13.6. The van der Waals surface area contributed by atoms with E-state index in [9.17, 15) is 9.18 Å². The summed E-state index contributed by atoms with van der Waals surface area (Å²) < 4.78 is 15.2. The number of halogens is 1. The van der Waals surface area contributed by atoms with Crippen LogP contribution in [0.3, 0.4) is 0 Å². The van der Waals surface area contributed by atoms with Gasteiger partial charge in [-0.2, -0.15) is 0 Å². The summed E-state index contributed by atoms with van der Waals surface area (Å²) in [6.07, 6.45) is 0.665. The maximum absolute atomic E-state index is 13.1. The molecule has 0 bridgehead atoms. The highest BCUT2D eigenvalue weighted by Gasteiger charge is 2.17. The summed E-state index contributed by atoms with van der Waals surface area (Å²) in [5, 5.41) is 15.2. The Morgan fingerprint density at radius 3 is 2.49 bits per heavy atom. The van der Waals surface area contributed by atoms with E-state index >= 15 is 0 Å². The van der Waals surface area contributed by atoms with Crippen LogP contribution in [0.25, 0.3) is 5.69 Å². The second kappa shape index (κ2) is 11.5. The Hall–Kier alpha value is -3.82. The highest BCUT2D eigenvalue weighted by molar-refractivity contribution is 7.98. The molecule has 5 aromatic rings. The molecule has 1 amide bonds. The first-order valence-electron chi connectivity index (χ1n) is 11.7. The van der Waals surface area contributed by atoms with Crippen LogP contribution in [0.1, 0.15) is 38.0 Å². The molecule has 0 aliphatic rings. The lowest BCUT2D eigenvalue weighted by Gasteiger charge is -2.10. The fourth-order valence-corrected chi connectivity index (χ4v) is 5.49. The van der Waals surface area contributed by atoms with Gasteiger partial charge in [-0.1, -0.05) is 71.9 Å². The Bertz CT molecular complexity index is 1480. The van der Waals surface area contributed by atoms with Gasteiger partial charge in [-0.25, -0.2) is 9.37 Å². The van der Waals surface area contributed by atoms with Crippen LogP contribution in [-0.2, 0) is 18.7 Å². The molecule has 0 fully saturated rings. The minimum atomic E-state index is -0.304. The second-order valence-corrected chi connectivity index (χ2v) is 10.3. The molecule has 0 saturated heterocycles. The third kappa shape index (κ3) is 6.31. The average molecular weight is 530 g/mol. The van der Waals surface area contributed by atoms with E-state index in [0.717, 1.165) is 32.8 Å². The molecule has 0 aliphatic heterocycles. The number of carbonyl (C=O) groups is 1. The van der Waals surface area contributed by atoms with Gasteiger partial charge < -0.3 is 5.32 Å². The number of nitrogens with zero attached hydrogens (tertiary/aromatic N) is 4. The number of thiazole rings is 1. The lowest BCUT2D eigenvalue weighted by Crippen LogP contribution is -2.23. The number of benzene rings is 3. The first-order chi connectivity index (χ1) is 18.0. The molecule has 0 radical (unpaired) electrons. The zero-order valence-electron chi connectivity index (χ0n) is 20.1. The fraction of sp³-hybridized carbons (Fsp3) is 0.143. The first kappa shape index (κ1) is 24.9. The standard InChI is InChI=1S/C28H24FN5OS2/c1-19-7-13-23(14-8-19)34-25(15-20-5-3-2-4-6-20)32-33-28(34)37-18-26-31-24(17-36-26)27(35)30-16-21-9-11-22(29)12-10-21/h2-14,17H,15-16,18H2,1H3,(H,30,35). The Balaban J connectivity index is 1.28. The average Bonchev–Trinajstić information content (AvgIpc) is 3.55. The van der Waals surface area contributed by atoms with E-state index in [2.05, 4.69) is 68.4 Å². The van der Waals surface area contributed by atoms with Gasteiger partial charge in [0.05, 0.1) is 5.75 Å². The predicted molar refractivity (Wildman–Crippen MR) is 145 cm³/mol. The largest absolute Gasteiger partial charge is 0.347 e. The molecule has 3 aromatic carbocycles. The highest BCUT2D eigenvalue weighted by atomic mass is 32.2. The van der Waals surface area contributed by atoms with Gasteiger partial charge in [0.2, 0.25) is 0 Å². The number of thioether (sulfide) groups is 1. The van der Waals surface area contributed by atoms with E-state index < -0.39 is 0 Å². The molecule has 37 heavy (non-hydrogen) atoms. The van der Waals surface area contributed by atoms with Crippen LogP contribution in [0.4, 0.5) is 4.39 Å². The van der Waals surface area contributed by atoms with Crippen molar-refractivity contribution in [1.82, 2.24) is 25.1 Å². The van der Waals surface area contributed by atoms with Gasteiger partial charge >= 0.3 is 0 Å². The number of hydrogen-bond donors (Lipinski definition) is 1. The maximum Gasteiger partial charge on any atom is 0.271 e. The number of aromatic nitrogens is 4. The lowest BCUT2D eigenvalue weighted by atomic mass is 10.1. The van der Waals surface area contributed by atoms with Crippen LogP contribution in [-0.4, -0.2) is 25.7 Å². The summed E-state index contributed by atoms with van der Waals surface area (Å²) in [7, 11) is 0. The molecule has 2 aromatic heterocycles. The van der Waals surface area contributed by atoms with E-state index in [1.54, 1.807) is 17.5 Å². The Labute approximate surface area is 222 Å². The predicted octanol–water partition coefficient (Wildman–Crippen LogP) is 5.98. The number of aryl methyl sites for hydroxylation is 1. The molecule has 5 rings (SSSR count). The normalized spacial score (nSPS) is 11.0.